The van der Waals surface area contributed by atoms with Crippen molar-refractivity contribution in [2.24, 2.45) is 5.41 Å². The van der Waals surface area contributed by atoms with E-state index in [9.17, 15) is 4.79 Å². The highest BCUT2D eigenvalue weighted by Crippen LogP contribution is 2.38. The molecule has 2 aromatic rings. The Labute approximate surface area is 130 Å². The predicted octanol–water partition coefficient (Wildman–Crippen LogP) is 4.02. The molecule has 0 atom stereocenters. The van der Waals surface area contributed by atoms with Gasteiger partial charge in [0, 0.05) is 41.7 Å². The van der Waals surface area contributed by atoms with E-state index in [-0.39, 0.29) is 11.3 Å². The van der Waals surface area contributed by atoms with Gasteiger partial charge in [-0.3, -0.25) is 9.78 Å². The van der Waals surface area contributed by atoms with Gasteiger partial charge >= 0.3 is 0 Å². The van der Waals surface area contributed by atoms with Crippen LogP contribution in [0.15, 0.2) is 36.7 Å². The number of nitrogens with one attached hydrogen (secondary N) is 1. The highest BCUT2D eigenvalue weighted by Gasteiger charge is 2.19. The minimum atomic E-state index is -0.0271. The number of hydrogen-bond donors (Lipinski definition) is 1. The molecule has 4 nitrogen and oxygen atoms in total. The molecule has 4 heteroatoms. The van der Waals surface area contributed by atoms with Crippen molar-refractivity contribution in [3.05, 3.63) is 42.2 Å². The molecule has 1 amide bonds. The van der Waals surface area contributed by atoms with Gasteiger partial charge in [-0.25, -0.2) is 0 Å². The number of nitrogens with zero attached hydrogens (tertiary/aromatic N) is 1. The number of pyridine rings is 1. The molecule has 22 heavy (non-hydrogen) atoms. The zero-order valence-electron chi connectivity index (χ0n) is 13.1. The molecule has 1 aliphatic rings. The molecular weight excluding hydrogens is 276 g/mol. The van der Waals surface area contributed by atoms with Crippen molar-refractivity contribution in [3.8, 4) is 16.9 Å². The van der Waals surface area contributed by atoms with Crippen molar-refractivity contribution < 1.29 is 9.53 Å². The number of benzene rings is 1. The molecule has 114 valence electrons. The first kappa shape index (κ1) is 14.6. The van der Waals surface area contributed by atoms with Gasteiger partial charge in [0.05, 0.1) is 0 Å². The van der Waals surface area contributed by atoms with Crippen LogP contribution in [-0.4, -0.2) is 10.9 Å². The molecule has 1 aliphatic heterocycles. The fourth-order valence-corrected chi connectivity index (χ4v) is 2.59. The Morgan fingerprint density at radius 1 is 1.27 bits per heavy atom. The van der Waals surface area contributed by atoms with E-state index < -0.39 is 0 Å². The average Bonchev–Trinajstić information content (AvgIpc) is 2.44. The smallest absolute Gasteiger partial charge is 0.224 e. The van der Waals surface area contributed by atoms with Crippen molar-refractivity contribution in [2.45, 2.75) is 33.8 Å². The lowest BCUT2D eigenvalue weighted by molar-refractivity contribution is -0.117. The number of rotatable bonds is 2. The maximum Gasteiger partial charge on any atom is 0.224 e. The number of hydrogen-bond acceptors (Lipinski definition) is 3. The third kappa shape index (κ3) is 3.11. The summed E-state index contributed by atoms with van der Waals surface area (Å²) in [4.78, 5) is 16.2. The second kappa shape index (κ2) is 5.44. The van der Waals surface area contributed by atoms with E-state index in [1.807, 2.05) is 51.2 Å². The van der Waals surface area contributed by atoms with Crippen molar-refractivity contribution in [3.63, 3.8) is 0 Å². The standard InChI is InChI=1S/C18H20N2O2/c1-18(2,3)9-17(21)20-13-4-5-15-14-6-7-19-10-12(14)11-22-16(15)8-13/h4-8,10H,9,11H2,1-3H3,(H,20,21). The maximum atomic E-state index is 12.0. The van der Waals surface area contributed by atoms with Crippen molar-refractivity contribution in [1.82, 2.24) is 4.98 Å². The molecule has 0 spiro atoms. The molecule has 0 fully saturated rings. The lowest BCUT2D eigenvalue weighted by Gasteiger charge is -2.21. The highest BCUT2D eigenvalue weighted by atomic mass is 16.5. The summed E-state index contributed by atoms with van der Waals surface area (Å²) in [5.41, 5.74) is 4.01. The van der Waals surface area contributed by atoms with Crippen molar-refractivity contribution in [1.29, 1.82) is 0 Å². The van der Waals surface area contributed by atoms with Gasteiger partial charge in [-0.1, -0.05) is 20.8 Å². The fourth-order valence-electron chi connectivity index (χ4n) is 2.59. The van der Waals surface area contributed by atoms with Crippen LogP contribution in [0.25, 0.3) is 11.1 Å². The average molecular weight is 296 g/mol. The summed E-state index contributed by atoms with van der Waals surface area (Å²) in [7, 11) is 0. The number of carbonyl (C=O) groups is 1. The number of carbonyl (C=O) groups excluding carboxylic acids is 1. The second-order valence-corrected chi connectivity index (χ2v) is 6.82. The van der Waals surface area contributed by atoms with Crippen LogP contribution in [0.3, 0.4) is 0 Å². The molecule has 0 aliphatic carbocycles. The number of ether oxygens (including phenoxy) is 1. The second-order valence-electron chi connectivity index (χ2n) is 6.82. The molecule has 0 bridgehead atoms. The molecule has 1 aromatic heterocycles. The van der Waals surface area contributed by atoms with Crippen LogP contribution >= 0.6 is 0 Å². The Morgan fingerprint density at radius 2 is 2.09 bits per heavy atom. The van der Waals surface area contributed by atoms with Gasteiger partial charge < -0.3 is 10.1 Å². The van der Waals surface area contributed by atoms with E-state index in [4.69, 9.17) is 4.74 Å². The summed E-state index contributed by atoms with van der Waals surface area (Å²) < 4.78 is 5.78. The van der Waals surface area contributed by atoms with Gasteiger partial charge in [-0.2, -0.15) is 0 Å². The van der Waals surface area contributed by atoms with Crippen LogP contribution in [0, 0.1) is 5.41 Å². The van der Waals surface area contributed by atoms with E-state index in [1.165, 1.54) is 0 Å². The molecular formula is C18H20N2O2. The van der Waals surface area contributed by atoms with Gasteiger partial charge in [0.25, 0.3) is 0 Å². The van der Waals surface area contributed by atoms with Crippen LogP contribution in [0.5, 0.6) is 5.75 Å². The van der Waals surface area contributed by atoms with E-state index in [1.54, 1.807) is 6.20 Å². The van der Waals surface area contributed by atoms with Crippen LogP contribution in [0.4, 0.5) is 5.69 Å². The summed E-state index contributed by atoms with van der Waals surface area (Å²) in [5, 5.41) is 2.94. The number of anilines is 1. The maximum absolute atomic E-state index is 12.0. The van der Waals surface area contributed by atoms with Crippen molar-refractivity contribution >= 4 is 11.6 Å². The first-order valence-electron chi connectivity index (χ1n) is 7.42. The molecule has 2 heterocycles. The number of aromatic nitrogens is 1. The quantitative estimate of drug-likeness (QED) is 0.910. The van der Waals surface area contributed by atoms with Gasteiger partial charge in [0.1, 0.15) is 12.4 Å². The molecule has 1 N–H and O–H groups in total. The SMILES string of the molecule is CC(C)(C)CC(=O)Nc1ccc2c(c1)OCc1cnccc1-2. The lowest BCUT2D eigenvalue weighted by Crippen LogP contribution is -2.19. The monoisotopic (exact) mass is 296 g/mol. The van der Waals surface area contributed by atoms with E-state index in [0.29, 0.717) is 13.0 Å². The van der Waals surface area contributed by atoms with E-state index >= 15 is 0 Å². The van der Waals surface area contributed by atoms with Gasteiger partial charge in [0.2, 0.25) is 5.91 Å². The largest absolute Gasteiger partial charge is 0.488 e. The Kier molecular flexibility index (Phi) is 3.61. The van der Waals surface area contributed by atoms with Crippen LogP contribution in [-0.2, 0) is 11.4 Å². The normalized spacial score (nSPS) is 12.9. The zero-order chi connectivity index (χ0) is 15.7. The third-order valence-corrected chi connectivity index (χ3v) is 3.53. The third-order valence-electron chi connectivity index (χ3n) is 3.53. The minimum absolute atomic E-state index is 0.0212. The summed E-state index contributed by atoms with van der Waals surface area (Å²) in [6.07, 6.45) is 4.10. The summed E-state index contributed by atoms with van der Waals surface area (Å²) in [5.74, 6) is 0.820. The fraction of sp³-hybridized carbons (Fsp3) is 0.333. The van der Waals surface area contributed by atoms with E-state index in [2.05, 4.69) is 10.3 Å². The molecule has 1 aromatic carbocycles. The molecule has 0 saturated heterocycles. The van der Waals surface area contributed by atoms with Gasteiger partial charge in [0.15, 0.2) is 0 Å². The molecule has 0 unspecified atom stereocenters. The summed E-state index contributed by atoms with van der Waals surface area (Å²) in [6, 6.07) is 7.78. The topological polar surface area (TPSA) is 51.2 Å². The molecule has 0 saturated carbocycles. The number of amides is 1. The first-order valence-corrected chi connectivity index (χ1v) is 7.42. The van der Waals surface area contributed by atoms with Crippen LogP contribution < -0.4 is 10.1 Å². The molecule has 0 radical (unpaired) electrons. The van der Waals surface area contributed by atoms with E-state index in [0.717, 1.165) is 28.1 Å². The highest BCUT2D eigenvalue weighted by molar-refractivity contribution is 5.92. The first-order chi connectivity index (χ1) is 10.4. The summed E-state index contributed by atoms with van der Waals surface area (Å²) in [6.45, 7) is 6.66. The van der Waals surface area contributed by atoms with Crippen molar-refractivity contribution in [2.75, 3.05) is 5.32 Å². The Hall–Kier alpha value is -2.36. The lowest BCUT2D eigenvalue weighted by atomic mass is 9.92. The van der Waals surface area contributed by atoms with Gasteiger partial charge in [-0.05, 0) is 29.2 Å². The Bertz CT molecular complexity index is 717. The minimum Gasteiger partial charge on any atom is -0.488 e. The van der Waals surface area contributed by atoms with Crippen LogP contribution in [0.2, 0.25) is 0 Å². The predicted molar refractivity (Wildman–Crippen MR) is 86.7 cm³/mol. The zero-order valence-corrected chi connectivity index (χ0v) is 13.1. The van der Waals surface area contributed by atoms with Crippen LogP contribution in [0.1, 0.15) is 32.8 Å². The summed E-state index contributed by atoms with van der Waals surface area (Å²) >= 11 is 0. The molecule has 3 rings (SSSR count). The Morgan fingerprint density at radius 3 is 2.86 bits per heavy atom. The Balaban J connectivity index is 1.83. The number of fused-ring (bicyclic) bond motifs is 3. The van der Waals surface area contributed by atoms with Gasteiger partial charge in [-0.15, -0.1) is 0 Å².